The molecule has 0 amide bonds. The fourth-order valence-corrected chi connectivity index (χ4v) is 0.866. The predicted octanol–water partition coefficient (Wildman–Crippen LogP) is 1.44. The van der Waals surface area contributed by atoms with Crippen molar-refractivity contribution in [3.63, 3.8) is 0 Å². The summed E-state index contributed by atoms with van der Waals surface area (Å²) in [6, 6.07) is 5.43. The summed E-state index contributed by atoms with van der Waals surface area (Å²) in [6.07, 6.45) is 0. The third kappa shape index (κ3) is 1.49. The molecule has 0 fully saturated rings. The average molecular weight is 136 g/mol. The molecule has 44 valence electrons. The van der Waals surface area contributed by atoms with Gasteiger partial charge in [-0.05, 0) is 19.1 Å². The van der Waals surface area contributed by atoms with Gasteiger partial charge in [-0.25, -0.2) is 0 Å². The van der Waals surface area contributed by atoms with E-state index >= 15 is 0 Å². The summed E-state index contributed by atoms with van der Waals surface area (Å²) in [5, 5.41) is 0.738. The summed E-state index contributed by atoms with van der Waals surface area (Å²) in [5.41, 5.74) is 1.82. The Bertz CT molecular complexity index is 220. The average Bonchev–Trinajstić information content (AvgIpc) is 1.80. The van der Waals surface area contributed by atoms with Gasteiger partial charge in [0.25, 0.3) is 0 Å². The molecule has 0 saturated heterocycles. The van der Waals surface area contributed by atoms with Crippen LogP contribution < -0.4 is 5.46 Å². The lowest BCUT2D eigenvalue weighted by atomic mass is 9.92. The van der Waals surface area contributed by atoms with Gasteiger partial charge in [0, 0.05) is 5.02 Å². The van der Waals surface area contributed by atoms with E-state index in [9.17, 15) is 0 Å². The van der Waals surface area contributed by atoms with E-state index in [2.05, 4.69) is 0 Å². The summed E-state index contributed by atoms with van der Waals surface area (Å²) in [6.45, 7) is 1.93. The highest BCUT2D eigenvalue weighted by Gasteiger charge is 1.90. The molecule has 0 spiro atoms. The topological polar surface area (TPSA) is 0 Å². The lowest BCUT2D eigenvalue weighted by molar-refractivity contribution is 1.52. The van der Waals surface area contributed by atoms with Crippen LogP contribution in [-0.2, 0) is 0 Å². The first-order valence-electron chi connectivity index (χ1n) is 2.72. The Hall–Kier alpha value is -0.425. The SMILES string of the molecule is [B]c1ccc(Cl)cc1C. The van der Waals surface area contributed by atoms with E-state index in [-0.39, 0.29) is 0 Å². The summed E-state index contributed by atoms with van der Waals surface area (Å²) in [7, 11) is 5.53. The number of hydrogen-bond acceptors (Lipinski definition) is 0. The first-order chi connectivity index (χ1) is 4.20. The van der Waals surface area contributed by atoms with Crippen LogP contribution in [0.15, 0.2) is 18.2 Å². The lowest BCUT2D eigenvalue weighted by Crippen LogP contribution is -2.04. The van der Waals surface area contributed by atoms with Crippen molar-refractivity contribution >= 4 is 24.9 Å². The second-order valence-electron chi connectivity index (χ2n) is 2.00. The Balaban J connectivity index is 3.17. The smallest absolute Gasteiger partial charge is 0.0937 e. The molecule has 0 aliphatic rings. The Labute approximate surface area is 61.3 Å². The normalized spacial score (nSPS) is 9.56. The molecular weight excluding hydrogens is 130 g/mol. The summed E-state index contributed by atoms with van der Waals surface area (Å²) < 4.78 is 0. The van der Waals surface area contributed by atoms with Gasteiger partial charge in [-0.2, -0.15) is 0 Å². The third-order valence-corrected chi connectivity index (χ3v) is 1.47. The van der Waals surface area contributed by atoms with Gasteiger partial charge in [0.15, 0.2) is 0 Å². The van der Waals surface area contributed by atoms with Gasteiger partial charge in [0.2, 0.25) is 0 Å². The summed E-state index contributed by atoms with van der Waals surface area (Å²) in [4.78, 5) is 0. The quantitative estimate of drug-likeness (QED) is 0.474. The van der Waals surface area contributed by atoms with Crippen molar-refractivity contribution in [2.45, 2.75) is 6.92 Å². The van der Waals surface area contributed by atoms with Crippen molar-refractivity contribution in [1.82, 2.24) is 0 Å². The maximum Gasteiger partial charge on any atom is 0.114 e. The zero-order chi connectivity index (χ0) is 6.85. The van der Waals surface area contributed by atoms with Crippen LogP contribution in [0.3, 0.4) is 0 Å². The third-order valence-electron chi connectivity index (χ3n) is 1.23. The Morgan fingerprint density at radius 3 is 2.56 bits per heavy atom. The van der Waals surface area contributed by atoms with E-state index in [0.29, 0.717) is 0 Å². The molecule has 0 atom stereocenters. The van der Waals surface area contributed by atoms with Gasteiger partial charge < -0.3 is 0 Å². The fraction of sp³-hybridized carbons (Fsp3) is 0.143. The van der Waals surface area contributed by atoms with Crippen molar-refractivity contribution in [2.24, 2.45) is 0 Å². The first kappa shape index (κ1) is 6.69. The number of halogens is 1. The van der Waals surface area contributed by atoms with Gasteiger partial charge in [-0.15, -0.1) is 0 Å². The minimum atomic E-state index is 0.738. The minimum absolute atomic E-state index is 0.738. The fourth-order valence-electron chi connectivity index (χ4n) is 0.639. The maximum absolute atomic E-state index is 5.66. The van der Waals surface area contributed by atoms with E-state index in [1.54, 1.807) is 12.1 Å². The van der Waals surface area contributed by atoms with E-state index < -0.39 is 0 Å². The van der Waals surface area contributed by atoms with Gasteiger partial charge in [0.1, 0.15) is 7.85 Å². The zero-order valence-electron chi connectivity index (χ0n) is 5.19. The molecule has 1 rings (SSSR count). The number of hydrogen-bond donors (Lipinski definition) is 0. The molecule has 1 aromatic carbocycles. The summed E-state index contributed by atoms with van der Waals surface area (Å²) >= 11 is 5.66. The van der Waals surface area contributed by atoms with Crippen LogP contribution in [0.5, 0.6) is 0 Å². The van der Waals surface area contributed by atoms with Crippen molar-refractivity contribution in [3.05, 3.63) is 28.8 Å². The highest BCUT2D eigenvalue weighted by molar-refractivity contribution is 6.35. The highest BCUT2D eigenvalue weighted by atomic mass is 35.5. The Morgan fingerprint density at radius 1 is 1.44 bits per heavy atom. The minimum Gasteiger partial charge on any atom is -0.0937 e. The molecule has 2 radical (unpaired) electrons. The van der Waals surface area contributed by atoms with Crippen LogP contribution in [-0.4, -0.2) is 7.85 Å². The molecule has 0 saturated carbocycles. The highest BCUT2D eigenvalue weighted by Crippen LogP contribution is 2.06. The molecule has 2 heteroatoms. The van der Waals surface area contributed by atoms with Gasteiger partial charge in [0.05, 0.1) is 0 Å². The standard InChI is InChI=1S/C7H6BCl/c1-5-4-6(9)2-3-7(5)8/h2-4H,1H3. The van der Waals surface area contributed by atoms with Gasteiger partial charge in [-0.3, -0.25) is 0 Å². The van der Waals surface area contributed by atoms with Crippen LogP contribution in [0.4, 0.5) is 0 Å². The largest absolute Gasteiger partial charge is 0.114 e. The van der Waals surface area contributed by atoms with Gasteiger partial charge in [-0.1, -0.05) is 28.7 Å². The van der Waals surface area contributed by atoms with Crippen LogP contribution in [0.25, 0.3) is 0 Å². The molecule has 0 nitrogen and oxygen atoms in total. The molecule has 0 aliphatic carbocycles. The Kier molecular flexibility index (Phi) is 1.82. The van der Waals surface area contributed by atoms with Crippen LogP contribution in [0, 0.1) is 6.92 Å². The molecular formula is C7H6BCl. The zero-order valence-corrected chi connectivity index (χ0v) is 5.94. The van der Waals surface area contributed by atoms with E-state index in [4.69, 9.17) is 19.4 Å². The predicted molar refractivity (Wildman–Crippen MR) is 41.6 cm³/mol. The Morgan fingerprint density at radius 2 is 2.11 bits per heavy atom. The van der Waals surface area contributed by atoms with E-state index in [1.807, 2.05) is 13.0 Å². The molecule has 0 aromatic heterocycles. The van der Waals surface area contributed by atoms with Gasteiger partial charge >= 0.3 is 0 Å². The van der Waals surface area contributed by atoms with Crippen molar-refractivity contribution in [3.8, 4) is 0 Å². The maximum atomic E-state index is 5.66. The van der Waals surface area contributed by atoms with E-state index in [1.165, 1.54) is 0 Å². The van der Waals surface area contributed by atoms with Crippen LogP contribution >= 0.6 is 11.6 Å². The van der Waals surface area contributed by atoms with Crippen LogP contribution in [0.2, 0.25) is 5.02 Å². The number of benzene rings is 1. The molecule has 0 bridgehead atoms. The lowest BCUT2D eigenvalue weighted by Gasteiger charge is -1.97. The number of rotatable bonds is 0. The van der Waals surface area contributed by atoms with E-state index in [0.717, 1.165) is 16.0 Å². The second-order valence-corrected chi connectivity index (χ2v) is 2.44. The molecule has 9 heavy (non-hydrogen) atoms. The van der Waals surface area contributed by atoms with Crippen molar-refractivity contribution < 1.29 is 0 Å². The molecule has 0 heterocycles. The van der Waals surface area contributed by atoms with Crippen LogP contribution in [0.1, 0.15) is 5.56 Å². The monoisotopic (exact) mass is 136 g/mol. The molecule has 0 unspecified atom stereocenters. The number of aryl methyl sites for hydroxylation is 1. The molecule has 0 aliphatic heterocycles. The molecule has 0 N–H and O–H groups in total. The molecule has 1 aromatic rings. The first-order valence-corrected chi connectivity index (χ1v) is 3.09. The van der Waals surface area contributed by atoms with Crippen molar-refractivity contribution in [2.75, 3.05) is 0 Å². The second kappa shape index (κ2) is 2.44. The van der Waals surface area contributed by atoms with Crippen molar-refractivity contribution in [1.29, 1.82) is 0 Å². The summed E-state index contributed by atoms with van der Waals surface area (Å²) in [5.74, 6) is 0.